The number of hydrogen-bond donors (Lipinski definition) is 0. The molecular formula is C14H19BrINO3. The molecule has 0 aliphatic heterocycles. The van der Waals surface area contributed by atoms with Gasteiger partial charge in [-0.2, -0.15) is 0 Å². The van der Waals surface area contributed by atoms with Gasteiger partial charge in [0.05, 0.1) is 12.2 Å². The molecule has 20 heavy (non-hydrogen) atoms. The number of hydrogen-bond acceptors (Lipinski definition) is 3. The molecule has 0 saturated carbocycles. The molecule has 0 fully saturated rings. The Kier molecular flexibility index (Phi) is 8.67. The average Bonchev–Trinajstić information content (AvgIpc) is 2.44. The molecule has 1 amide bonds. The van der Waals surface area contributed by atoms with Crippen LogP contribution in [0.25, 0.3) is 0 Å². The predicted molar refractivity (Wildman–Crippen MR) is 91.1 cm³/mol. The highest BCUT2D eigenvalue weighted by atomic mass is 127. The Morgan fingerprint density at radius 2 is 1.95 bits per heavy atom. The highest BCUT2D eigenvalue weighted by Gasteiger charge is 2.18. The molecule has 1 aromatic rings. The van der Waals surface area contributed by atoms with E-state index in [0.29, 0.717) is 31.9 Å². The standard InChI is InChI=1S/C14H19BrINO3/c1-19-8-3-6-17(7-9-20-2)14(18)12-10-11(15)4-5-13(12)16/h4-5,10H,3,6-9H2,1-2H3. The fourth-order valence-corrected chi connectivity index (χ4v) is 2.68. The molecule has 0 aliphatic carbocycles. The first-order chi connectivity index (χ1) is 9.60. The Bertz CT molecular complexity index is 442. The van der Waals surface area contributed by atoms with Crippen molar-refractivity contribution < 1.29 is 14.3 Å². The number of rotatable bonds is 8. The number of nitrogens with zero attached hydrogens (tertiary/aromatic N) is 1. The molecule has 0 aliphatic rings. The summed E-state index contributed by atoms with van der Waals surface area (Å²) in [7, 11) is 3.30. The number of amides is 1. The molecule has 0 unspecified atom stereocenters. The van der Waals surface area contributed by atoms with Crippen molar-refractivity contribution in [2.45, 2.75) is 6.42 Å². The minimum atomic E-state index is 0.0313. The molecule has 0 saturated heterocycles. The number of ether oxygens (including phenoxy) is 2. The lowest BCUT2D eigenvalue weighted by Crippen LogP contribution is -2.35. The third-order valence-corrected chi connectivity index (χ3v) is 4.22. The van der Waals surface area contributed by atoms with Gasteiger partial charge in [0.2, 0.25) is 0 Å². The largest absolute Gasteiger partial charge is 0.385 e. The normalized spacial score (nSPS) is 10.6. The Labute approximate surface area is 142 Å². The number of benzene rings is 1. The van der Waals surface area contributed by atoms with Crippen molar-refractivity contribution in [2.75, 3.05) is 40.5 Å². The second-order valence-electron chi connectivity index (χ2n) is 4.26. The fourth-order valence-electron chi connectivity index (χ4n) is 1.75. The van der Waals surface area contributed by atoms with E-state index in [1.54, 1.807) is 14.2 Å². The second-order valence-corrected chi connectivity index (χ2v) is 6.33. The van der Waals surface area contributed by atoms with Gasteiger partial charge in [-0.05, 0) is 47.2 Å². The van der Waals surface area contributed by atoms with Gasteiger partial charge in [-0.15, -0.1) is 0 Å². The summed E-state index contributed by atoms with van der Waals surface area (Å²) in [4.78, 5) is 14.4. The number of carbonyl (C=O) groups is 1. The third kappa shape index (κ3) is 5.67. The lowest BCUT2D eigenvalue weighted by atomic mass is 10.2. The lowest BCUT2D eigenvalue weighted by Gasteiger charge is -2.23. The quantitative estimate of drug-likeness (QED) is 0.446. The Morgan fingerprint density at radius 3 is 2.60 bits per heavy atom. The van der Waals surface area contributed by atoms with Crippen LogP contribution in [0.2, 0.25) is 0 Å². The van der Waals surface area contributed by atoms with E-state index >= 15 is 0 Å². The van der Waals surface area contributed by atoms with E-state index in [0.717, 1.165) is 14.5 Å². The van der Waals surface area contributed by atoms with Gasteiger partial charge in [0.15, 0.2) is 0 Å². The molecule has 0 atom stereocenters. The van der Waals surface area contributed by atoms with Gasteiger partial charge in [-0.1, -0.05) is 15.9 Å². The fraction of sp³-hybridized carbons (Fsp3) is 0.500. The van der Waals surface area contributed by atoms with E-state index in [2.05, 4.69) is 38.5 Å². The highest BCUT2D eigenvalue weighted by Crippen LogP contribution is 2.20. The van der Waals surface area contributed by atoms with Gasteiger partial charge >= 0.3 is 0 Å². The topological polar surface area (TPSA) is 38.8 Å². The van der Waals surface area contributed by atoms with Crippen LogP contribution in [-0.2, 0) is 9.47 Å². The van der Waals surface area contributed by atoms with Crippen LogP contribution in [0.4, 0.5) is 0 Å². The summed E-state index contributed by atoms with van der Waals surface area (Å²) in [6.07, 6.45) is 0.816. The van der Waals surface area contributed by atoms with E-state index < -0.39 is 0 Å². The molecule has 0 aromatic heterocycles. The number of halogens is 2. The van der Waals surface area contributed by atoms with Gasteiger partial charge in [-0.3, -0.25) is 4.79 Å². The van der Waals surface area contributed by atoms with Crippen molar-refractivity contribution >= 4 is 44.4 Å². The second kappa shape index (κ2) is 9.70. The summed E-state index contributed by atoms with van der Waals surface area (Å²) in [5, 5.41) is 0. The molecule has 0 radical (unpaired) electrons. The average molecular weight is 456 g/mol. The first kappa shape index (κ1) is 17.9. The number of methoxy groups -OCH3 is 2. The van der Waals surface area contributed by atoms with E-state index in [1.807, 2.05) is 23.1 Å². The molecule has 1 rings (SSSR count). The maximum atomic E-state index is 12.6. The van der Waals surface area contributed by atoms with Crippen molar-refractivity contribution in [1.82, 2.24) is 4.90 Å². The third-order valence-electron chi connectivity index (χ3n) is 2.79. The summed E-state index contributed by atoms with van der Waals surface area (Å²) in [6.45, 7) is 2.43. The van der Waals surface area contributed by atoms with Crippen molar-refractivity contribution in [3.63, 3.8) is 0 Å². The van der Waals surface area contributed by atoms with Crippen molar-refractivity contribution in [1.29, 1.82) is 0 Å². The maximum absolute atomic E-state index is 12.6. The van der Waals surface area contributed by atoms with Crippen molar-refractivity contribution in [3.05, 3.63) is 31.8 Å². The number of carbonyl (C=O) groups excluding carboxylic acids is 1. The lowest BCUT2D eigenvalue weighted by molar-refractivity contribution is 0.0673. The minimum Gasteiger partial charge on any atom is -0.385 e. The maximum Gasteiger partial charge on any atom is 0.255 e. The molecule has 0 N–H and O–H groups in total. The van der Waals surface area contributed by atoms with Crippen LogP contribution in [0, 0.1) is 3.57 Å². The van der Waals surface area contributed by atoms with Crippen LogP contribution in [0.1, 0.15) is 16.8 Å². The minimum absolute atomic E-state index is 0.0313. The van der Waals surface area contributed by atoms with Crippen LogP contribution in [0.3, 0.4) is 0 Å². The Morgan fingerprint density at radius 1 is 1.25 bits per heavy atom. The summed E-state index contributed by atoms with van der Waals surface area (Å²) >= 11 is 5.60. The monoisotopic (exact) mass is 455 g/mol. The highest BCUT2D eigenvalue weighted by molar-refractivity contribution is 14.1. The Hall–Kier alpha value is -0.180. The zero-order chi connectivity index (χ0) is 15.0. The van der Waals surface area contributed by atoms with Crippen LogP contribution < -0.4 is 0 Å². The molecular weight excluding hydrogens is 437 g/mol. The van der Waals surface area contributed by atoms with E-state index in [9.17, 15) is 4.79 Å². The van der Waals surface area contributed by atoms with Gasteiger partial charge < -0.3 is 14.4 Å². The van der Waals surface area contributed by atoms with Crippen molar-refractivity contribution in [2.24, 2.45) is 0 Å². The van der Waals surface area contributed by atoms with Gasteiger partial charge in [0.1, 0.15) is 0 Å². The molecule has 0 heterocycles. The zero-order valence-corrected chi connectivity index (χ0v) is 15.4. The smallest absolute Gasteiger partial charge is 0.255 e. The molecule has 1 aromatic carbocycles. The molecule has 4 nitrogen and oxygen atoms in total. The summed E-state index contributed by atoms with van der Waals surface area (Å²) in [5.74, 6) is 0.0313. The summed E-state index contributed by atoms with van der Waals surface area (Å²) in [6, 6.07) is 5.73. The zero-order valence-electron chi connectivity index (χ0n) is 11.7. The molecule has 112 valence electrons. The van der Waals surface area contributed by atoms with Gasteiger partial charge in [-0.25, -0.2) is 0 Å². The van der Waals surface area contributed by atoms with E-state index in [4.69, 9.17) is 9.47 Å². The first-order valence-corrected chi connectivity index (χ1v) is 8.19. The Balaban J connectivity index is 2.82. The molecule has 0 spiro atoms. The summed E-state index contributed by atoms with van der Waals surface area (Å²) in [5.41, 5.74) is 0.716. The van der Waals surface area contributed by atoms with Crippen LogP contribution in [0.5, 0.6) is 0 Å². The predicted octanol–water partition coefficient (Wildman–Crippen LogP) is 3.18. The molecule has 6 heteroatoms. The van der Waals surface area contributed by atoms with Crippen molar-refractivity contribution in [3.8, 4) is 0 Å². The first-order valence-electron chi connectivity index (χ1n) is 6.32. The van der Waals surface area contributed by atoms with Crippen LogP contribution in [0.15, 0.2) is 22.7 Å². The summed E-state index contributed by atoms with van der Waals surface area (Å²) < 4.78 is 12.0. The molecule has 0 bridgehead atoms. The van der Waals surface area contributed by atoms with Crippen LogP contribution >= 0.6 is 38.5 Å². The van der Waals surface area contributed by atoms with E-state index in [-0.39, 0.29) is 5.91 Å². The van der Waals surface area contributed by atoms with Crippen LogP contribution in [-0.4, -0.2) is 51.3 Å². The van der Waals surface area contributed by atoms with E-state index in [1.165, 1.54) is 0 Å². The van der Waals surface area contributed by atoms with Gasteiger partial charge in [0, 0.05) is 42.0 Å². The van der Waals surface area contributed by atoms with Gasteiger partial charge in [0.25, 0.3) is 5.91 Å². The SMILES string of the molecule is COCCCN(CCOC)C(=O)c1cc(Br)ccc1I.